The van der Waals surface area contributed by atoms with Crippen molar-refractivity contribution in [3.63, 3.8) is 0 Å². The van der Waals surface area contributed by atoms with Crippen LogP contribution in [0.15, 0.2) is 11.1 Å². The van der Waals surface area contributed by atoms with Crippen LogP contribution in [-0.2, 0) is 4.74 Å². The average molecular weight is 210 g/mol. The van der Waals surface area contributed by atoms with Crippen LogP contribution in [0, 0.1) is 13.8 Å². The highest BCUT2D eigenvalue weighted by Gasteiger charge is 2.29. The van der Waals surface area contributed by atoms with Gasteiger partial charge in [-0.05, 0) is 19.9 Å². The van der Waals surface area contributed by atoms with Gasteiger partial charge in [0.05, 0.1) is 0 Å². The van der Waals surface area contributed by atoms with Crippen molar-refractivity contribution in [3.05, 3.63) is 21.4 Å². The number of ether oxygens (including phenoxy) is 1. The van der Waals surface area contributed by atoms with Gasteiger partial charge in [0.2, 0.25) is 0 Å². The summed E-state index contributed by atoms with van der Waals surface area (Å²) < 4.78 is 4.99. The van der Waals surface area contributed by atoms with Crippen molar-refractivity contribution in [1.82, 2.24) is 0 Å². The number of hydrogen-bond donors (Lipinski definition) is 1. The molecule has 1 atom stereocenters. The molecular weight excluding hydrogens is 200 g/mol. The topological polar surface area (TPSA) is 64.7 Å². The quantitative estimate of drug-likeness (QED) is 0.770. The van der Waals surface area contributed by atoms with Gasteiger partial charge in [0.1, 0.15) is 0 Å². The molecule has 0 radical (unpaired) electrons. The first kappa shape index (κ1) is 9.21. The number of thiophene rings is 1. The Kier molecular flexibility index (Phi) is 2.03. The molecule has 0 spiro atoms. The number of aliphatic imine (C=N–C) groups is 1. The maximum absolute atomic E-state index is 10.9. The lowest BCUT2D eigenvalue weighted by Crippen LogP contribution is -2.18. The van der Waals surface area contributed by atoms with Crippen LogP contribution >= 0.6 is 11.3 Å². The Labute approximate surface area is 85.4 Å². The van der Waals surface area contributed by atoms with Crippen LogP contribution in [0.3, 0.4) is 0 Å². The van der Waals surface area contributed by atoms with E-state index in [0.717, 1.165) is 10.4 Å². The van der Waals surface area contributed by atoms with Crippen LogP contribution in [0.5, 0.6) is 0 Å². The molecule has 1 unspecified atom stereocenters. The zero-order valence-electron chi connectivity index (χ0n) is 7.90. The summed E-state index contributed by atoms with van der Waals surface area (Å²) in [6.07, 6.45) is -1.08. The van der Waals surface area contributed by atoms with Crippen molar-refractivity contribution in [2.45, 2.75) is 20.0 Å². The van der Waals surface area contributed by atoms with Crippen LogP contribution in [0.4, 0.5) is 4.79 Å². The van der Waals surface area contributed by atoms with E-state index >= 15 is 0 Å². The third-order valence-electron chi connectivity index (χ3n) is 2.07. The van der Waals surface area contributed by atoms with Gasteiger partial charge in [0, 0.05) is 15.3 Å². The predicted molar refractivity (Wildman–Crippen MR) is 54.6 cm³/mol. The van der Waals surface area contributed by atoms with E-state index in [9.17, 15) is 4.79 Å². The van der Waals surface area contributed by atoms with E-state index in [2.05, 4.69) is 4.99 Å². The number of amidine groups is 1. The molecule has 0 saturated carbocycles. The number of carbonyl (C=O) groups excluding carboxylic acids is 1. The molecule has 0 bridgehead atoms. The summed E-state index contributed by atoms with van der Waals surface area (Å²) in [6.45, 7) is 3.98. The van der Waals surface area contributed by atoms with Gasteiger partial charge >= 0.3 is 6.09 Å². The number of amides is 1. The zero-order valence-corrected chi connectivity index (χ0v) is 8.72. The molecule has 0 fully saturated rings. The lowest BCUT2D eigenvalue weighted by molar-refractivity contribution is 0.149. The Morgan fingerprint density at radius 3 is 2.71 bits per heavy atom. The molecule has 1 aromatic rings. The minimum absolute atomic E-state index is 0.246. The largest absolute Gasteiger partial charge is 0.436 e. The van der Waals surface area contributed by atoms with Crippen molar-refractivity contribution in [2.75, 3.05) is 0 Å². The number of rotatable bonds is 1. The number of carbonyl (C=O) groups is 1. The maximum atomic E-state index is 10.9. The number of hydrogen-bond acceptors (Lipinski definition) is 4. The van der Waals surface area contributed by atoms with Gasteiger partial charge in [-0.25, -0.2) is 4.79 Å². The highest BCUT2D eigenvalue weighted by molar-refractivity contribution is 7.12. The fourth-order valence-corrected chi connectivity index (χ4v) is 2.44. The molecule has 74 valence electrons. The van der Waals surface area contributed by atoms with Crippen molar-refractivity contribution < 1.29 is 9.53 Å². The van der Waals surface area contributed by atoms with Crippen LogP contribution in [0.25, 0.3) is 0 Å². The second-order valence-electron chi connectivity index (χ2n) is 3.17. The summed E-state index contributed by atoms with van der Waals surface area (Å²) in [4.78, 5) is 16.7. The van der Waals surface area contributed by atoms with E-state index in [1.54, 1.807) is 11.3 Å². The Morgan fingerprint density at radius 1 is 1.57 bits per heavy atom. The molecule has 2 N–H and O–H groups in total. The normalized spacial score (nSPS) is 20.9. The van der Waals surface area contributed by atoms with Crippen molar-refractivity contribution in [1.29, 1.82) is 0 Å². The molecule has 1 aliphatic heterocycles. The first-order chi connectivity index (χ1) is 6.58. The SMILES string of the molecule is Cc1cc(C2OC(=O)N=C2N)c(C)s1. The van der Waals surface area contributed by atoms with E-state index in [-0.39, 0.29) is 5.84 Å². The second kappa shape index (κ2) is 3.09. The van der Waals surface area contributed by atoms with E-state index in [1.165, 1.54) is 4.88 Å². The lowest BCUT2D eigenvalue weighted by Gasteiger charge is -2.08. The summed E-state index contributed by atoms with van der Waals surface area (Å²) in [5, 5.41) is 0. The molecule has 14 heavy (non-hydrogen) atoms. The molecule has 2 rings (SSSR count). The van der Waals surface area contributed by atoms with Crippen LogP contribution in [-0.4, -0.2) is 11.9 Å². The second-order valence-corrected chi connectivity index (χ2v) is 4.63. The molecule has 2 heterocycles. The summed E-state index contributed by atoms with van der Waals surface area (Å²) >= 11 is 1.66. The minimum atomic E-state index is -0.601. The molecule has 4 nitrogen and oxygen atoms in total. The van der Waals surface area contributed by atoms with Gasteiger partial charge in [-0.2, -0.15) is 4.99 Å². The number of nitrogens with two attached hydrogens (primary N) is 1. The number of aryl methyl sites for hydroxylation is 2. The molecule has 0 aromatic carbocycles. The van der Waals surface area contributed by atoms with E-state index in [4.69, 9.17) is 10.5 Å². The van der Waals surface area contributed by atoms with Gasteiger partial charge in [0.15, 0.2) is 11.9 Å². The Morgan fingerprint density at radius 2 is 2.29 bits per heavy atom. The fraction of sp³-hybridized carbons (Fsp3) is 0.333. The van der Waals surface area contributed by atoms with E-state index < -0.39 is 12.2 Å². The first-order valence-electron chi connectivity index (χ1n) is 4.19. The van der Waals surface area contributed by atoms with Gasteiger partial charge < -0.3 is 10.5 Å². The maximum Gasteiger partial charge on any atom is 0.436 e. The summed E-state index contributed by atoms with van der Waals surface area (Å²) in [7, 11) is 0. The monoisotopic (exact) mass is 210 g/mol. The molecule has 1 amide bonds. The Bertz CT molecular complexity index is 422. The highest BCUT2D eigenvalue weighted by Crippen LogP contribution is 2.31. The van der Waals surface area contributed by atoms with Crippen molar-refractivity contribution in [2.24, 2.45) is 10.7 Å². The summed E-state index contributed by atoms with van der Waals surface area (Å²) in [5.41, 5.74) is 6.53. The van der Waals surface area contributed by atoms with Gasteiger partial charge in [0.25, 0.3) is 0 Å². The summed E-state index contributed by atoms with van der Waals surface area (Å²) in [5.74, 6) is 0.246. The number of nitrogens with zero attached hydrogens (tertiary/aromatic N) is 1. The summed E-state index contributed by atoms with van der Waals surface area (Å²) in [6, 6.07) is 1.98. The first-order valence-corrected chi connectivity index (χ1v) is 5.01. The van der Waals surface area contributed by atoms with Gasteiger partial charge in [-0.15, -0.1) is 11.3 Å². The molecule has 0 saturated heterocycles. The smallest absolute Gasteiger partial charge is 0.431 e. The van der Waals surface area contributed by atoms with Crippen molar-refractivity contribution in [3.8, 4) is 0 Å². The third kappa shape index (κ3) is 1.39. The molecule has 5 heteroatoms. The molecule has 1 aliphatic rings. The predicted octanol–water partition coefficient (Wildman–Crippen LogP) is 1.91. The number of cyclic esters (lactones) is 1. The lowest BCUT2D eigenvalue weighted by atomic mass is 10.1. The minimum Gasteiger partial charge on any atom is -0.431 e. The molecule has 1 aromatic heterocycles. The van der Waals surface area contributed by atoms with Crippen LogP contribution < -0.4 is 5.73 Å². The van der Waals surface area contributed by atoms with Gasteiger partial charge in [-0.3, -0.25) is 0 Å². The fourth-order valence-electron chi connectivity index (χ4n) is 1.49. The Hall–Kier alpha value is -1.36. The van der Waals surface area contributed by atoms with Crippen molar-refractivity contribution >= 4 is 23.3 Å². The van der Waals surface area contributed by atoms with Gasteiger partial charge in [-0.1, -0.05) is 0 Å². The van der Waals surface area contributed by atoms with Crippen LogP contribution in [0.1, 0.15) is 21.4 Å². The van der Waals surface area contributed by atoms with E-state index in [0.29, 0.717) is 0 Å². The van der Waals surface area contributed by atoms with Crippen LogP contribution in [0.2, 0.25) is 0 Å². The average Bonchev–Trinajstić information content (AvgIpc) is 2.55. The molecule has 0 aliphatic carbocycles. The molecular formula is C9H10N2O2S. The standard InChI is InChI=1S/C9H10N2O2S/c1-4-3-6(5(2)14-4)7-8(10)11-9(12)13-7/h3,7H,1-2H3,(H2,10,11,12). The highest BCUT2D eigenvalue weighted by atomic mass is 32.1. The Balaban J connectivity index is 2.37. The van der Waals surface area contributed by atoms with E-state index in [1.807, 2.05) is 19.9 Å². The zero-order chi connectivity index (χ0) is 10.3. The third-order valence-corrected chi connectivity index (χ3v) is 3.05.